The zero-order chi connectivity index (χ0) is 13.7. The Labute approximate surface area is 117 Å². The molecule has 1 aromatic heterocycles. The maximum Gasteiger partial charge on any atom is 0.214 e. The molecule has 0 fully saturated rings. The lowest BCUT2D eigenvalue weighted by molar-refractivity contribution is 0.125. The highest BCUT2D eigenvalue weighted by Crippen LogP contribution is 2.15. The van der Waals surface area contributed by atoms with Crippen molar-refractivity contribution in [3.63, 3.8) is 0 Å². The average Bonchev–Trinajstić information content (AvgIpc) is 2.92. The van der Waals surface area contributed by atoms with E-state index in [0.717, 1.165) is 0 Å². The van der Waals surface area contributed by atoms with Crippen molar-refractivity contribution in [2.45, 2.75) is 11.3 Å². The monoisotopic (exact) mass is 301 g/mol. The van der Waals surface area contributed by atoms with Crippen LogP contribution in [0.15, 0.2) is 35.7 Å². The van der Waals surface area contributed by atoms with Gasteiger partial charge in [0, 0.05) is 5.02 Å². The zero-order valence-corrected chi connectivity index (χ0v) is 11.4. The van der Waals surface area contributed by atoms with Gasteiger partial charge in [-0.2, -0.15) is 5.10 Å². The first kappa shape index (κ1) is 14.0. The second-order valence-electron chi connectivity index (χ2n) is 3.72. The van der Waals surface area contributed by atoms with Crippen molar-refractivity contribution in [1.29, 1.82) is 0 Å². The molecule has 102 valence electrons. The second kappa shape index (κ2) is 6.65. The fourth-order valence-corrected chi connectivity index (χ4v) is 2.38. The molecule has 2 unspecified atom stereocenters. The molecule has 0 aliphatic rings. The molecule has 0 bridgehead atoms. The molecule has 0 spiro atoms. The van der Waals surface area contributed by atoms with Gasteiger partial charge >= 0.3 is 0 Å². The predicted octanol–water partition coefficient (Wildman–Crippen LogP) is 1.01. The highest BCUT2D eigenvalue weighted by Gasteiger charge is 2.14. The van der Waals surface area contributed by atoms with Gasteiger partial charge in [-0.3, -0.25) is 9.31 Å². The maximum atomic E-state index is 11.7. The van der Waals surface area contributed by atoms with Gasteiger partial charge in [-0.05, 0) is 24.3 Å². The molecule has 0 radical (unpaired) electrons. The van der Waals surface area contributed by atoms with Crippen molar-refractivity contribution < 1.29 is 14.1 Å². The molecule has 0 saturated carbocycles. The Morgan fingerprint density at radius 3 is 2.79 bits per heavy atom. The summed E-state index contributed by atoms with van der Waals surface area (Å²) >= 11 is 5.74. The Kier molecular flexibility index (Phi) is 4.89. The summed E-state index contributed by atoms with van der Waals surface area (Å²) < 4.78 is 17.1. The van der Waals surface area contributed by atoms with Crippen molar-refractivity contribution in [1.82, 2.24) is 15.2 Å². The Hall–Kier alpha value is -1.44. The van der Waals surface area contributed by atoms with E-state index < -0.39 is 16.9 Å². The molecule has 6 nitrogen and oxygen atoms in total. The first-order valence-electron chi connectivity index (χ1n) is 5.45. The van der Waals surface area contributed by atoms with Crippen molar-refractivity contribution in [3.8, 4) is 5.75 Å². The number of aliphatic hydroxyl groups is 1. The van der Waals surface area contributed by atoms with Crippen LogP contribution >= 0.6 is 11.6 Å². The van der Waals surface area contributed by atoms with Gasteiger partial charge in [0.2, 0.25) is 5.16 Å². The largest absolute Gasteiger partial charge is 0.491 e. The molecule has 0 saturated heterocycles. The third-order valence-corrected chi connectivity index (χ3v) is 3.78. The number of halogens is 1. The fourth-order valence-electron chi connectivity index (χ4n) is 1.33. The quantitative estimate of drug-likeness (QED) is 0.831. The molecule has 2 atom stereocenters. The van der Waals surface area contributed by atoms with Gasteiger partial charge in [0.1, 0.15) is 18.7 Å². The summed E-state index contributed by atoms with van der Waals surface area (Å²) in [6, 6.07) is 6.77. The number of H-pyrrole nitrogens is 1. The van der Waals surface area contributed by atoms with Crippen LogP contribution in [0.5, 0.6) is 5.75 Å². The summed E-state index contributed by atoms with van der Waals surface area (Å²) in [7, 11) is -1.42. The maximum absolute atomic E-state index is 11.7. The molecule has 2 rings (SSSR count). The first-order valence-corrected chi connectivity index (χ1v) is 7.15. The number of aliphatic hydroxyl groups excluding tert-OH is 1. The van der Waals surface area contributed by atoms with Crippen LogP contribution in [0.4, 0.5) is 0 Å². The molecule has 0 amide bonds. The number of nitrogens with one attached hydrogen (secondary N) is 1. The van der Waals surface area contributed by atoms with Crippen LogP contribution in [-0.4, -0.2) is 43.0 Å². The SMILES string of the molecule is O=S(CC(O)COc1ccc(Cl)cc1)c1ncn[nH]1. The summed E-state index contributed by atoms with van der Waals surface area (Å²) in [5.41, 5.74) is 0. The lowest BCUT2D eigenvalue weighted by Crippen LogP contribution is -2.24. The van der Waals surface area contributed by atoms with Crippen LogP contribution in [-0.2, 0) is 10.8 Å². The van der Waals surface area contributed by atoms with E-state index in [2.05, 4.69) is 15.2 Å². The highest BCUT2D eigenvalue weighted by molar-refractivity contribution is 7.84. The van der Waals surface area contributed by atoms with E-state index >= 15 is 0 Å². The van der Waals surface area contributed by atoms with Gasteiger partial charge in [-0.15, -0.1) is 0 Å². The van der Waals surface area contributed by atoms with Crippen LogP contribution in [0.2, 0.25) is 5.02 Å². The van der Waals surface area contributed by atoms with Crippen molar-refractivity contribution in [2.75, 3.05) is 12.4 Å². The summed E-state index contributed by atoms with van der Waals surface area (Å²) in [6.45, 7) is 0.0432. The van der Waals surface area contributed by atoms with Crippen LogP contribution in [0.1, 0.15) is 0 Å². The molecule has 2 aromatic rings. The number of aromatic amines is 1. The van der Waals surface area contributed by atoms with E-state index in [4.69, 9.17) is 16.3 Å². The van der Waals surface area contributed by atoms with Crippen LogP contribution in [0, 0.1) is 0 Å². The number of rotatable bonds is 6. The van der Waals surface area contributed by atoms with Gasteiger partial charge in [-0.25, -0.2) is 4.98 Å². The Bertz CT molecular complexity index is 533. The fraction of sp³-hybridized carbons (Fsp3) is 0.273. The van der Waals surface area contributed by atoms with E-state index in [1.807, 2.05) is 0 Å². The molecule has 0 aliphatic carbocycles. The lowest BCUT2D eigenvalue weighted by atomic mass is 10.3. The summed E-state index contributed by atoms with van der Waals surface area (Å²) in [6.07, 6.45) is 0.408. The summed E-state index contributed by atoms with van der Waals surface area (Å²) in [5, 5.41) is 16.7. The Balaban J connectivity index is 1.80. The number of hydrogen-bond donors (Lipinski definition) is 2. The molecule has 0 aliphatic heterocycles. The Morgan fingerprint density at radius 2 is 2.16 bits per heavy atom. The third-order valence-electron chi connectivity index (χ3n) is 2.21. The molecule has 19 heavy (non-hydrogen) atoms. The standard InChI is InChI=1S/C11H12ClN3O3S/c12-8-1-3-10(4-2-8)18-5-9(16)6-19(17)11-13-7-14-15-11/h1-4,7,9,16H,5-6H2,(H,13,14,15). The molecular weight excluding hydrogens is 290 g/mol. The number of ether oxygens (including phenoxy) is 1. The first-order chi connectivity index (χ1) is 9.15. The zero-order valence-electron chi connectivity index (χ0n) is 9.82. The van der Waals surface area contributed by atoms with E-state index in [1.165, 1.54) is 6.33 Å². The minimum atomic E-state index is -1.42. The molecule has 2 N–H and O–H groups in total. The van der Waals surface area contributed by atoms with Gasteiger partial charge in [0.25, 0.3) is 0 Å². The van der Waals surface area contributed by atoms with Crippen molar-refractivity contribution in [3.05, 3.63) is 35.6 Å². The minimum Gasteiger partial charge on any atom is -0.491 e. The van der Waals surface area contributed by atoms with E-state index in [-0.39, 0.29) is 17.5 Å². The minimum absolute atomic E-state index is 0.0305. The molecule has 1 aromatic carbocycles. The topological polar surface area (TPSA) is 88.1 Å². The second-order valence-corrected chi connectivity index (χ2v) is 5.57. The Morgan fingerprint density at radius 1 is 1.42 bits per heavy atom. The number of nitrogens with zero attached hydrogens (tertiary/aromatic N) is 2. The number of aromatic nitrogens is 3. The van der Waals surface area contributed by atoms with Gasteiger partial charge in [0.15, 0.2) is 0 Å². The molecule has 8 heteroatoms. The van der Waals surface area contributed by atoms with Crippen molar-refractivity contribution in [2.24, 2.45) is 0 Å². The number of hydrogen-bond acceptors (Lipinski definition) is 5. The van der Waals surface area contributed by atoms with Crippen LogP contribution < -0.4 is 4.74 Å². The number of benzene rings is 1. The lowest BCUT2D eigenvalue weighted by Gasteiger charge is -2.11. The van der Waals surface area contributed by atoms with Crippen LogP contribution in [0.3, 0.4) is 0 Å². The smallest absolute Gasteiger partial charge is 0.214 e. The third kappa shape index (κ3) is 4.30. The summed E-state index contributed by atoms with van der Waals surface area (Å²) in [5.74, 6) is 0.622. The van der Waals surface area contributed by atoms with Gasteiger partial charge in [-0.1, -0.05) is 11.6 Å². The molecular formula is C11H12ClN3O3S. The normalized spacial score (nSPS) is 14.0. The highest BCUT2D eigenvalue weighted by atomic mass is 35.5. The van der Waals surface area contributed by atoms with Gasteiger partial charge < -0.3 is 9.84 Å². The van der Waals surface area contributed by atoms with E-state index in [1.54, 1.807) is 24.3 Å². The van der Waals surface area contributed by atoms with Gasteiger partial charge in [0.05, 0.1) is 22.7 Å². The molecule has 1 heterocycles. The van der Waals surface area contributed by atoms with Crippen molar-refractivity contribution >= 4 is 22.4 Å². The van der Waals surface area contributed by atoms with Crippen LogP contribution in [0.25, 0.3) is 0 Å². The van der Waals surface area contributed by atoms with E-state index in [0.29, 0.717) is 10.8 Å². The summed E-state index contributed by atoms with van der Waals surface area (Å²) in [4.78, 5) is 3.76. The predicted molar refractivity (Wildman–Crippen MR) is 70.6 cm³/mol. The van der Waals surface area contributed by atoms with E-state index in [9.17, 15) is 9.32 Å². The average molecular weight is 302 g/mol.